The van der Waals surface area contributed by atoms with E-state index in [1.54, 1.807) is 18.0 Å². The number of hydrogen-bond acceptors (Lipinski definition) is 3. The summed E-state index contributed by atoms with van der Waals surface area (Å²) in [6.45, 7) is 6.42. The van der Waals surface area contributed by atoms with Crippen LogP contribution in [-0.2, 0) is 0 Å². The molecule has 0 bridgehead atoms. The Labute approximate surface area is 179 Å². The Morgan fingerprint density at radius 3 is 2.73 bits per heavy atom. The summed E-state index contributed by atoms with van der Waals surface area (Å²) in [7, 11) is 3.75. The number of dihydropyridines is 1. The van der Waals surface area contributed by atoms with E-state index in [2.05, 4.69) is 22.5 Å². The molecule has 5 nitrogen and oxygen atoms in total. The van der Waals surface area contributed by atoms with Crippen molar-refractivity contribution in [1.82, 2.24) is 20.4 Å². The summed E-state index contributed by atoms with van der Waals surface area (Å²) in [5.41, 5.74) is 0.941. The Kier molecular flexibility index (Phi) is 11.6. The van der Waals surface area contributed by atoms with Gasteiger partial charge in [-0.25, -0.2) is 13.6 Å². The van der Waals surface area contributed by atoms with Gasteiger partial charge < -0.3 is 20.4 Å². The largest absolute Gasteiger partial charge is 0.365 e. The van der Waals surface area contributed by atoms with E-state index in [0.717, 1.165) is 30.4 Å². The number of alkyl halides is 1. The molecule has 2 atom stereocenters. The molecule has 0 radical (unpaired) electrons. The summed E-state index contributed by atoms with van der Waals surface area (Å²) in [6.07, 6.45) is 13.3. The van der Waals surface area contributed by atoms with Gasteiger partial charge in [0.1, 0.15) is 17.8 Å². The third-order valence-electron chi connectivity index (χ3n) is 4.76. The van der Waals surface area contributed by atoms with Gasteiger partial charge in [0.15, 0.2) is 0 Å². The smallest absolute Gasteiger partial charge is 0.321 e. The molecular formula is C23H36F2N4O. The van der Waals surface area contributed by atoms with Gasteiger partial charge in [-0.15, -0.1) is 0 Å². The summed E-state index contributed by atoms with van der Waals surface area (Å²) >= 11 is 0. The van der Waals surface area contributed by atoms with Crippen molar-refractivity contribution < 1.29 is 13.6 Å². The molecule has 0 spiro atoms. The van der Waals surface area contributed by atoms with Gasteiger partial charge in [0.05, 0.1) is 0 Å². The fourth-order valence-electron chi connectivity index (χ4n) is 2.76. The van der Waals surface area contributed by atoms with Crippen molar-refractivity contribution in [2.24, 2.45) is 0 Å². The van der Waals surface area contributed by atoms with E-state index in [9.17, 15) is 13.6 Å². The maximum absolute atomic E-state index is 13.1. The maximum Gasteiger partial charge on any atom is 0.321 e. The summed E-state index contributed by atoms with van der Waals surface area (Å²) in [5, 5.41) is 6.35. The molecule has 0 aliphatic carbocycles. The molecule has 7 heteroatoms. The van der Waals surface area contributed by atoms with Gasteiger partial charge in [0, 0.05) is 38.9 Å². The molecule has 1 unspecified atom stereocenters. The average Bonchev–Trinajstić information content (AvgIpc) is 2.74. The predicted molar refractivity (Wildman–Crippen MR) is 120 cm³/mol. The molecule has 2 amide bonds. The number of hydrogen-bond donors (Lipinski definition) is 2. The fraction of sp³-hybridized carbons (Fsp3) is 0.522. The molecule has 1 aliphatic heterocycles. The van der Waals surface area contributed by atoms with Crippen molar-refractivity contribution in [2.75, 3.05) is 27.2 Å². The number of carbonyl (C=O) groups is 1. The van der Waals surface area contributed by atoms with E-state index in [1.807, 2.05) is 38.3 Å². The minimum atomic E-state index is -1.58. The quantitative estimate of drug-likeness (QED) is 0.471. The predicted octanol–water partition coefficient (Wildman–Crippen LogP) is 4.79. The Balaban J connectivity index is 2.47. The zero-order valence-electron chi connectivity index (χ0n) is 18.8. The highest BCUT2D eigenvalue weighted by atomic mass is 19.2. The first-order chi connectivity index (χ1) is 14.3. The van der Waals surface area contributed by atoms with Gasteiger partial charge in [-0.2, -0.15) is 0 Å². The Morgan fingerprint density at radius 1 is 1.37 bits per heavy atom. The van der Waals surface area contributed by atoms with Crippen molar-refractivity contribution >= 4 is 6.03 Å². The van der Waals surface area contributed by atoms with Crippen molar-refractivity contribution in [1.29, 1.82) is 0 Å². The molecule has 30 heavy (non-hydrogen) atoms. The van der Waals surface area contributed by atoms with E-state index < -0.39 is 12.0 Å². The van der Waals surface area contributed by atoms with Crippen LogP contribution in [0.4, 0.5) is 13.6 Å². The van der Waals surface area contributed by atoms with Crippen LogP contribution < -0.4 is 10.6 Å². The van der Waals surface area contributed by atoms with E-state index in [0.29, 0.717) is 19.5 Å². The highest BCUT2D eigenvalue weighted by Gasteiger charge is 2.14. The third kappa shape index (κ3) is 9.29. The Morgan fingerprint density at radius 2 is 2.10 bits per heavy atom. The molecule has 0 saturated carbocycles. The number of likely N-dealkylation sites (N-methyl/N-ethyl adjacent to an activating group) is 2. The number of halogens is 2. The summed E-state index contributed by atoms with van der Waals surface area (Å²) in [4.78, 5) is 16.0. The lowest BCUT2D eigenvalue weighted by molar-refractivity contribution is 0.205. The van der Waals surface area contributed by atoms with Crippen LogP contribution in [0.25, 0.3) is 0 Å². The standard InChI is InChI=1S/C23H36F2N4O/c1-6-11-19(7-2)27-23(30)29(5)17-16-28(4)22-15-10-13-20(26-22)12-8-9-14-21(25)18(3)24/h7-10,13-15,18,20,26H,6,11-12,16-17H2,1-5H3,(H,27,30)/b9-8-,19-7+,21-14+/t18-,20?/m1/s1. The number of nitrogens with zero attached hydrogens (tertiary/aromatic N) is 2. The van der Waals surface area contributed by atoms with Crippen LogP contribution in [0, 0.1) is 0 Å². The molecule has 0 aromatic heterocycles. The van der Waals surface area contributed by atoms with Crippen LogP contribution in [0.3, 0.4) is 0 Å². The van der Waals surface area contributed by atoms with E-state index in [1.165, 1.54) is 13.0 Å². The highest BCUT2D eigenvalue weighted by molar-refractivity contribution is 5.75. The number of carbonyl (C=O) groups excluding carboxylic acids is 1. The summed E-state index contributed by atoms with van der Waals surface area (Å²) in [6, 6.07) is -0.0448. The molecule has 0 aromatic rings. The molecule has 1 heterocycles. The molecule has 168 valence electrons. The van der Waals surface area contributed by atoms with Crippen LogP contribution in [0.15, 0.2) is 59.9 Å². The van der Waals surface area contributed by atoms with Gasteiger partial charge in [0.2, 0.25) is 0 Å². The topological polar surface area (TPSA) is 47.6 Å². The number of amides is 2. The SMILES string of the molecule is C/C=C(\CCC)NC(=O)N(C)CCN(C)C1=CC=CC(C/C=C\C=C(\F)[C@@H](C)F)N1. The summed E-state index contributed by atoms with van der Waals surface area (Å²) < 4.78 is 25.9. The number of rotatable bonds is 11. The number of urea groups is 1. The maximum atomic E-state index is 13.1. The average molecular weight is 423 g/mol. The lowest BCUT2D eigenvalue weighted by Gasteiger charge is -2.30. The molecular weight excluding hydrogens is 386 g/mol. The van der Waals surface area contributed by atoms with Crippen molar-refractivity contribution in [2.45, 2.75) is 52.2 Å². The number of allylic oxidation sites excluding steroid dienone is 7. The molecule has 0 aromatic carbocycles. The Bertz CT molecular complexity index is 695. The van der Waals surface area contributed by atoms with Gasteiger partial charge in [-0.1, -0.05) is 43.7 Å². The minimum Gasteiger partial charge on any atom is -0.365 e. The van der Waals surface area contributed by atoms with Crippen LogP contribution in [0.5, 0.6) is 0 Å². The first-order valence-electron chi connectivity index (χ1n) is 10.5. The number of nitrogens with one attached hydrogen (secondary N) is 2. The summed E-state index contributed by atoms with van der Waals surface area (Å²) in [5.74, 6) is 0.173. The monoisotopic (exact) mass is 422 g/mol. The first-order valence-corrected chi connectivity index (χ1v) is 10.5. The van der Waals surface area contributed by atoms with Gasteiger partial charge in [0.25, 0.3) is 0 Å². The lowest BCUT2D eigenvalue weighted by Crippen LogP contribution is -2.43. The fourth-order valence-corrected chi connectivity index (χ4v) is 2.76. The molecule has 1 rings (SSSR count). The molecule has 2 N–H and O–H groups in total. The molecule has 1 aliphatic rings. The second-order valence-corrected chi connectivity index (χ2v) is 7.36. The third-order valence-corrected chi connectivity index (χ3v) is 4.76. The van der Waals surface area contributed by atoms with Crippen LogP contribution in [0.1, 0.15) is 40.0 Å². The zero-order chi connectivity index (χ0) is 22.5. The first kappa shape index (κ1) is 25.5. The molecule has 0 saturated heterocycles. The second kappa shape index (κ2) is 13.6. The van der Waals surface area contributed by atoms with Crippen LogP contribution in [-0.4, -0.2) is 55.2 Å². The van der Waals surface area contributed by atoms with Crippen LogP contribution >= 0.6 is 0 Å². The van der Waals surface area contributed by atoms with Gasteiger partial charge in [-0.05, 0) is 38.8 Å². The van der Waals surface area contributed by atoms with Crippen molar-refractivity contribution in [3.63, 3.8) is 0 Å². The van der Waals surface area contributed by atoms with Crippen LogP contribution in [0.2, 0.25) is 0 Å². The minimum absolute atomic E-state index is 0.0651. The Hall–Kier alpha value is -2.57. The molecule has 0 fully saturated rings. The lowest BCUT2D eigenvalue weighted by atomic mass is 10.1. The van der Waals surface area contributed by atoms with Gasteiger partial charge in [-0.3, -0.25) is 0 Å². The highest BCUT2D eigenvalue weighted by Crippen LogP contribution is 2.11. The second-order valence-electron chi connectivity index (χ2n) is 7.36. The zero-order valence-corrected chi connectivity index (χ0v) is 18.8. The van der Waals surface area contributed by atoms with Crippen molar-refractivity contribution in [3.8, 4) is 0 Å². The van der Waals surface area contributed by atoms with E-state index >= 15 is 0 Å². The van der Waals surface area contributed by atoms with Crippen molar-refractivity contribution in [3.05, 3.63) is 59.9 Å². The van der Waals surface area contributed by atoms with E-state index in [-0.39, 0.29) is 12.1 Å². The normalized spacial score (nSPS) is 18.1. The van der Waals surface area contributed by atoms with E-state index in [4.69, 9.17) is 0 Å². The van der Waals surface area contributed by atoms with Gasteiger partial charge >= 0.3 is 6.03 Å².